The highest BCUT2D eigenvalue weighted by Gasteiger charge is 2.07. The van der Waals surface area contributed by atoms with Gasteiger partial charge in [0.15, 0.2) is 0 Å². The topological polar surface area (TPSA) is 67.4 Å². The third kappa shape index (κ3) is 5.24. The van der Waals surface area contributed by atoms with Crippen molar-refractivity contribution in [1.29, 1.82) is 0 Å². The second kappa shape index (κ2) is 8.31. The highest BCUT2D eigenvalue weighted by Crippen LogP contribution is 2.27. The number of ether oxygens (including phenoxy) is 1. The molecule has 0 atom stereocenters. The van der Waals surface area contributed by atoms with Crippen molar-refractivity contribution in [3.05, 3.63) is 58.6 Å². The molecule has 0 heterocycles. The molecule has 0 unspecified atom stereocenters. The van der Waals surface area contributed by atoms with E-state index in [1.807, 2.05) is 24.3 Å². The SMILES string of the molecule is COc1ccc(NC(=O)/C=C/c2cccc(Br)c2)cc1NC(C)=O. The minimum Gasteiger partial charge on any atom is -0.495 e. The molecule has 124 valence electrons. The van der Waals surface area contributed by atoms with Gasteiger partial charge in [0.2, 0.25) is 11.8 Å². The minimum absolute atomic E-state index is 0.216. The van der Waals surface area contributed by atoms with E-state index in [9.17, 15) is 9.59 Å². The standard InChI is InChI=1S/C18H17BrN2O3/c1-12(22)20-16-11-15(7-8-17(16)24-2)21-18(23)9-6-13-4-3-5-14(19)10-13/h3-11H,1-2H3,(H,20,22)(H,21,23)/b9-6+. The molecule has 0 aliphatic heterocycles. The second-order valence-corrected chi connectivity index (χ2v) is 5.89. The van der Waals surface area contributed by atoms with E-state index in [0.29, 0.717) is 17.1 Å². The summed E-state index contributed by atoms with van der Waals surface area (Å²) in [5, 5.41) is 5.41. The Morgan fingerprint density at radius 3 is 2.58 bits per heavy atom. The van der Waals surface area contributed by atoms with Crippen molar-refractivity contribution < 1.29 is 14.3 Å². The number of methoxy groups -OCH3 is 1. The van der Waals surface area contributed by atoms with Gasteiger partial charge in [-0.15, -0.1) is 0 Å². The van der Waals surface area contributed by atoms with E-state index in [1.54, 1.807) is 24.3 Å². The number of amides is 2. The van der Waals surface area contributed by atoms with Crippen molar-refractivity contribution in [3.8, 4) is 5.75 Å². The van der Waals surface area contributed by atoms with Crippen molar-refractivity contribution in [1.82, 2.24) is 0 Å². The summed E-state index contributed by atoms with van der Waals surface area (Å²) < 4.78 is 6.12. The molecule has 0 aliphatic carbocycles. The molecule has 0 saturated carbocycles. The van der Waals surface area contributed by atoms with E-state index < -0.39 is 0 Å². The molecule has 0 radical (unpaired) electrons. The van der Waals surface area contributed by atoms with E-state index in [2.05, 4.69) is 26.6 Å². The van der Waals surface area contributed by atoms with Crippen LogP contribution in [0.15, 0.2) is 53.0 Å². The summed E-state index contributed by atoms with van der Waals surface area (Å²) in [6, 6.07) is 12.6. The van der Waals surface area contributed by atoms with Crippen molar-refractivity contribution in [2.45, 2.75) is 6.92 Å². The Morgan fingerprint density at radius 1 is 1.12 bits per heavy atom. The third-order valence-electron chi connectivity index (χ3n) is 3.05. The predicted octanol–water partition coefficient (Wildman–Crippen LogP) is 4.07. The first-order chi connectivity index (χ1) is 11.5. The van der Waals surface area contributed by atoms with Crippen LogP contribution in [0.3, 0.4) is 0 Å². The van der Waals surface area contributed by atoms with Crippen LogP contribution < -0.4 is 15.4 Å². The van der Waals surface area contributed by atoms with Crippen LogP contribution in [0.25, 0.3) is 6.08 Å². The highest BCUT2D eigenvalue weighted by molar-refractivity contribution is 9.10. The molecule has 0 bridgehead atoms. The van der Waals surface area contributed by atoms with Gasteiger partial charge in [-0.25, -0.2) is 0 Å². The lowest BCUT2D eigenvalue weighted by Crippen LogP contribution is -2.10. The molecule has 5 nitrogen and oxygen atoms in total. The van der Waals surface area contributed by atoms with E-state index >= 15 is 0 Å². The highest BCUT2D eigenvalue weighted by atomic mass is 79.9. The number of nitrogens with one attached hydrogen (secondary N) is 2. The molecule has 2 N–H and O–H groups in total. The van der Waals surface area contributed by atoms with Gasteiger partial charge in [-0.1, -0.05) is 28.1 Å². The lowest BCUT2D eigenvalue weighted by molar-refractivity contribution is -0.114. The first kappa shape index (κ1) is 17.7. The zero-order chi connectivity index (χ0) is 17.5. The van der Waals surface area contributed by atoms with Gasteiger partial charge in [0.05, 0.1) is 12.8 Å². The molecule has 6 heteroatoms. The van der Waals surface area contributed by atoms with Crippen LogP contribution in [0, 0.1) is 0 Å². The molecular formula is C18H17BrN2O3. The van der Waals surface area contributed by atoms with Crippen LogP contribution in [-0.2, 0) is 9.59 Å². The normalized spacial score (nSPS) is 10.5. The van der Waals surface area contributed by atoms with Gasteiger partial charge in [-0.2, -0.15) is 0 Å². The fourth-order valence-electron chi connectivity index (χ4n) is 2.04. The quantitative estimate of drug-likeness (QED) is 0.758. The average molecular weight is 389 g/mol. The van der Waals surface area contributed by atoms with Crippen LogP contribution >= 0.6 is 15.9 Å². The number of anilines is 2. The number of rotatable bonds is 5. The van der Waals surface area contributed by atoms with E-state index in [0.717, 1.165) is 10.0 Å². The van der Waals surface area contributed by atoms with Gasteiger partial charge in [-0.05, 0) is 42.0 Å². The molecule has 2 aromatic carbocycles. The van der Waals surface area contributed by atoms with Crippen LogP contribution in [0.5, 0.6) is 5.75 Å². The number of halogens is 1. The Balaban J connectivity index is 2.09. The summed E-state index contributed by atoms with van der Waals surface area (Å²) in [6.45, 7) is 1.41. The second-order valence-electron chi connectivity index (χ2n) is 4.97. The van der Waals surface area contributed by atoms with Crippen molar-refractivity contribution in [2.75, 3.05) is 17.7 Å². The molecule has 0 aliphatic rings. The smallest absolute Gasteiger partial charge is 0.248 e. The Kier molecular flexibility index (Phi) is 6.14. The Labute approximate surface area is 148 Å². The van der Waals surface area contributed by atoms with Crippen molar-refractivity contribution in [3.63, 3.8) is 0 Å². The van der Waals surface area contributed by atoms with E-state index in [-0.39, 0.29) is 11.8 Å². The fourth-order valence-corrected chi connectivity index (χ4v) is 2.46. The van der Waals surface area contributed by atoms with Crippen LogP contribution in [0.1, 0.15) is 12.5 Å². The maximum Gasteiger partial charge on any atom is 0.248 e. The summed E-state index contributed by atoms with van der Waals surface area (Å²) in [6.07, 6.45) is 3.17. The lowest BCUT2D eigenvalue weighted by atomic mass is 10.2. The average Bonchev–Trinajstić information content (AvgIpc) is 2.53. The zero-order valence-electron chi connectivity index (χ0n) is 13.3. The van der Waals surface area contributed by atoms with Gasteiger partial charge in [0, 0.05) is 23.2 Å². The van der Waals surface area contributed by atoms with Crippen LogP contribution in [-0.4, -0.2) is 18.9 Å². The summed E-state index contributed by atoms with van der Waals surface area (Å²) in [5.74, 6) is 0.0353. The minimum atomic E-state index is -0.270. The number of carbonyl (C=O) groups is 2. The predicted molar refractivity (Wildman–Crippen MR) is 99.1 cm³/mol. The van der Waals surface area contributed by atoms with Crippen molar-refractivity contribution >= 4 is 45.2 Å². The Hall–Kier alpha value is -2.60. The van der Waals surface area contributed by atoms with Gasteiger partial charge in [-0.3, -0.25) is 9.59 Å². The molecule has 2 amide bonds. The zero-order valence-corrected chi connectivity index (χ0v) is 14.9. The summed E-state index contributed by atoms with van der Waals surface area (Å²) in [7, 11) is 1.51. The fraction of sp³-hybridized carbons (Fsp3) is 0.111. The molecular weight excluding hydrogens is 372 g/mol. The summed E-state index contributed by atoms with van der Waals surface area (Å²) in [5.41, 5.74) is 1.97. The number of benzene rings is 2. The van der Waals surface area contributed by atoms with Crippen LogP contribution in [0.4, 0.5) is 11.4 Å². The molecule has 2 aromatic rings. The van der Waals surface area contributed by atoms with E-state index in [4.69, 9.17) is 4.74 Å². The van der Waals surface area contributed by atoms with Gasteiger partial charge >= 0.3 is 0 Å². The summed E-state index contributed by atoms with van der Waals surface area (Å²) >= 11 is 3.38. The molecule has 24 heavy (non-hydrogen) atoms. The summed E-state index contributed by atoms with van der Waals surface area (Å²) in [4.78, 5) is 23.3. The first-order valence-electron chi connectivity index (χ1n) is 7.18. The molecule has 0 saturated heterocycles. The maximum absolute atomic E-state index is 12.0. The number of carbonyl (C=O) groups excluding carboxylic acids is 2. The van der Waals surface area contributed by atoms with Crippen molar-refractivity contribution in [2.24, 2.45) is 0 Å². The first-order valence-corrected chi connectivity index (χ1v) is 7.97. The van der Waals surface area contributed by atoms with Gasteiger partial charge < -0.3 is 15.4 Å². The van der Waals surface area contributed by atoms with E-state index in [1.165, 1.54) is 20.1 Å². The third-order valence-corrected chi connectivity index (χ3v) is 3.55. The maximum atomic E-state index is 12.0. The molecule has 0 fully saturated rings. The molecule has 0 aromatic heterocycles. The Bertz CT molecular complexity index is 788. The van der Waals surface area contributed by atoms with Crippen LogP contribution in [0.2, 0.25) is 0 Å². The van der Waals surface area contributed by atoms with Gasteiger partial charge in [0.25, 0.3) is 0 Å². The number of hydrogen-bond acceptors (Lipinski definition) is 3. The largest absolute Gasteiger partial charge is 0.495 e. The Morgan fingerprint density at radius 2 is 1.92 bits per heavy atom. The lowest BCUT2D eigenvalue weighted by Gasteiger charge is -2.11. The molecule has 2 rings (SSSR count). The monoisotopic (exact) mass is 388 g/mol. The molecule has 0 spiro atoms. The van der Waals surface area contributed by atoms with Gasteiger partial charge in [0.1, 0.15) is 5.75 Å². The number of hydrogen-bond donors (Lipinski definition) is 2.